The summed E-state index contributed by atoms with van der Waals surface area (Å²) in [5.74, 6) is -0.707. The first-order valence-corrected chi connectivity index (χ1v) is 5.96. The van der Waals surface area contributed by atoms with Gasteiger partial charge in [0.05, 0.1) is 16.7 Å². The van der Waals surface area contributed by atoms with Crippen LogP contribution < -0.4 is 4.74 Å². The van der Waals surface area contributed by atoms with Gasteiger partial charge in [0.2, 0.25) is 0 Å². The molecule has 1 unspecified atom stereocenters. The fourth-order valence-electron chi connectivity index (χ4n) is 1.68. The fourth-order valence-corrected chi connectivity index (χ4v) is 1.85. The van der Waals surface area contributed by atoms with Gasteiger partial charge in [-0.15, -0.1) is 0 Å². The summed E-state index contributed by atoms with van der Waals surface area (Å²) in [4.78, 5) is 0. The molecule has 1 atom stereocenters. The number of benzene rings is 2. The average molecular weight is 285 g/mol. The highest BCUT2D eigenvalue weighted by molar-refractivity contribution is 6.30. The van der Waals surface area contributed by atoms with Crippen molar-refractivity contribution in [3.05, 3.63) is 58.6 Å². The van der Waals surface area contributed by atoms with Crippen molar-refractivity contribution in [3.63, 3.8) is 0 Å². The van der Waals surface area contributed by atoms with Crippen molar-refractivity contribution >= 4 is 11.6 Å². The van der Waals surface area contributed by atoms with E-state index in [9.17, 15) is 13.9 Å². The lowest BCUT2D eigenvalue weighted by Crippen LogP contribution is -1.99. The molecule has 5 heteroatoms. The second-order valence-corrected chi connectivity index (χ2v) is 4.41. The maximum Gasteiger partial charge on any atom is 0.142 e. The zero-order valence-electron chi connectivity index (χ0n) is 10.0. The summed E-state index contributed by atoms with van der Waals surface area (Å²) in [7, 11) is 0. The van der Waals surface area contributed by atoms with Crippen molar-refractivity contribution in [1.82, 2.24) is 0 Å². The molecule has 19 heavy (non-hydrogen) atoms. The van der Waals surface area contributed by atoms with E-state index in [1.807, 2.05) is 0 Å². The Hall–Kier alpha value is -1.65. The van der Waals surface area contributed by atoms with E-state index in [-0.39, 0.29) is 22.1 Å². The van der Waals surface area contributed by atoms with E-state index < -0.39 is 17.7 Å². The Morgan fingerprint density at radius 2 is 1.89 bits per heavy atom. The summed E-state index contributed by atoms with van der Waals surface area (Å²) >= 11 is 5.64. The van der Waals surface area contributed by atoms with Crippen molar-refractivity contribution in [1.29, 1.82) is 0 Å². The smallest absolute Gasteiger partial charge is 0.142 e. The number of aliphatic hydroxyl groups is 1. The van der Waals surface area contributed by atoms with Gasteiger partial charge >= 0.3 is 0 Å². The first-order valence-electron chi connectivity index (χ1n) is 5.58. The molecule has 2 aromatic rings. The molecule has 0 aliphatic carbocycles. The third-order valence-corrected chi connectivity index (χ3v) is 2.84. The first kappa shape index (κ1) is 13.8. The molecule has 2 rings (SSSR count). The predicted molar refractivity (Wildman–Crippen MR) is 68.5 cm³/mol. The van der Waals surface area contributed by atoms with Gasteiger partial charge in [0.1, 0.15) is 23.1 Å². The van der Waals surface area contributed by atoms with Crippen LogP contribution in [0.25, 0.3) is 0 Å². The van der Waals surface area contributed by atoms with Crippen LogP contribution in [0.4, 0.5) is 8.78 Å². The van der Waals surface area contributed by atoms with Crippen molar-refractivity contribution < 1.29 is 18.6 Å². The zero-order chi connectivity index (χ0) is 14.0. The largest absolute Gasteiger partial charge is 0.457 e. The van der Waals surface area contributed by atoms with Crippen molar-refractivity contribution in [2.45, 2.75) is 13.0 Å². The van der Waals surface area contributed by atoms with Gasteiger partial charge in [-0.1, -0.05) is 17.7 Å². The molecule has 0 saturated carbocycles. The monoisotopic (exact) mass is 284 g/mol. The lowest BCUT2D eigenvalue weighted by molar-refractivity contribution is 0.190. The Morgan fingerprint density at radius 3 is 2.53 bits per heavy atom. The van der Waals surface area contributed by atoms with Gasteiger partial charge in [-0.25, -0.2) is 8.78 Å². The lowest BCUT2D eigenvalue weighted by Gasteiger charge is -2.14. The lowest BCUT2D eigenvalue weighted by atomic mass is 10.1. The molecule has 0 spiro atoms. The summed E-state index contributed by atoms with van der Waals surface area (Å²) in [6.45, 7) is 1.43. The third kappa shape index (κ3) is 3.03. The second kappa shape index (κ2) is 5.55. The number of hydrogen-bond acceptors (Lipinski definition) is 2. The summed E-state index contributed by atoms with van der Waals surface area (Å²) in [5, 5.41) is 9.47. The molecule has 100 valence electrons. The van der Waals surface area contributed by atoms with Crippen LogP contribution in [0.3, 0.4) is 0 Å². The van der Waals surface area contributed by atoms with Crippen LogP contribution in [0, 0.1) is 11.6 Å². The van der Waals surface area contributed by atoms with E-state index in [2.05, 4.69) is 0 Å². The van der Waals surface area contributed by atoms with Crippen molar-refractivity contribution in [2.75, 3.05) is 0 Å². The summed E-state index contributed by atoms with van der Waals surface area (Å²) in [6.07, 6.45) is -1.02. The Labute approximate surface area is 114 Å². The molecule has 0 fully saturated rings. The SMILES string of the molecule is CC(O)c1c(F)cccc1Oc1ccc(F)c(Cl)c1. The van der Waals surface area contributed by atoms with Crippen LogP contribution in [0.15, 0.2) is 36.4 Å². The van der Waals surface area contributed by atoms with Crippen LogP contribution in [-0.4, -0.2) is 5.11 Å². The minimum absolute atomic E-state index is 0.0444. The van der Waals surface area contributed by atoms with Gasteiger partial charge in [0, 0.05) is 6.07 Å². The quantitative estimate of drug-likeness (QED) is 0.901. The summed E-state index contributed by atoms with van der Waals surface area (Å²) < 4.78 is 32.1. The van der Waals surface area contributed by atoms with E-state index in [4.69, 9.17) is 16.3 Å². The molecule has 1 N–H and O–H groups in total. The van der Waals surface area contributed by atoms with Gasteiger partial charge in [0.15, 0.2) is 0 Å². The van der Waals surface area contributed by atoms with Crippen LogP contribution in [0.5, 0.6) is 11.5 Å². The minimum atomic E-state index is -1.02. The Balaban J connectivity index is 2.38. The number of ether oxygens (including phenoxy) is 1. The fraction of sp³-hybridized carbons (Fsp3) is 0.143. The molecular formula is C14H11ClF2O2. The standard InChI is InChI=1S/C14H11ClF2O2/c1-8(18)14-12(17)3-2-4-13(14)19-9-5-6-11(16)10(15)7-9/h2-8,18H,1H3. The van der Waals surface area contributed by atoms with E-state index in [0.717, 1.165) is 6.07 Å². The van der Waals surface area contributed by atoms with Gasteiger partial charge in [0.25, 0.3) is 0 Å². The van der Waals surface area contributed by atoms with Crippen LogP contribution >= 0.6 is 11.6 Å². The first-order chi connectivity index (χ1) is 8.99. The molecule has 2 nitrogen and oxygen atoms in total. The number of aliphatic hydroxyl groups excluding tert-OH is 1. The van der Waals surface area contributed by atoms with E-state index in [0.29, 0.717) is 0 Å². The second-order valence-electron chi connectivity index (χ2n) is 4.01. The molecule has 0 aromatic heterocycles. The van der Waals surface area contributed by atoms with Gasteiger partial charge in [-0.2, -0.15) is 0 Å². The topological polar surface area (TPSA) is 29.5 Å². The summed E-state index contributed by atoms with van der Waals surface area (Å²) in [6, 6.07) is 8.02. The van der Waals surface area contributed by atoms with Gasteiger partial charge in [-0.05, 0) is 31.2 Å². The Bertz CT molecular complexity index is 600. The van der Waals surface area contributed by atoms with Gasteiger partial charge in [-0.3, -0.25) is 0 Å². The number of hydrogen-bond donors (Lipinski definition) is 1. The molecule has 0 aliphatic rings. The predicted octanol–water partition coefficient (Wildman–Crippen LogP) is 4.46. The Kier molecular flexibility index (Phi) is 4.02. The highest BCUT2D eigenvalue weighted by Crippen LogP contribution is 2.32. The molecule has 0 aliphatic heterocycles. The number of halogens is 3. The van der Waals surface area contributed by atoms with E-state index in [1.165, 1.54) is 37.3 Å². The van der Waals surface area contributed by atoms with E-state index in [1.54, 1.807) is 0 Å². The molecule has 0 heterocycles. The normalized spacial score (nSPS) is 12.3. The molecule has 0 saturated heterocycles. The Morgan fingerprint density at radius 1 is 1.16 bits per heavy atom. The third-order valence-electron chi connectivity index (χ3n) is 2.55. The van der Waals surface area contributed by atoms with Crippen LogP contribution in [0.2, 0.25) is 5.02 Å². The highest BCUT2D eigenvalue weighted by Gasteiger charge is 2.15. The number of rotatable bonds is 3. The maximum atomic E-state index is 13.6. The van der Waals surface area contributed by atoms with Crippen LogP contribution in [0.1, 0.15) is 18.6 Å². The van der Waals surface area contributed by atoms with Gasteiger partial charge < -0.3 is 9.84 Å². The summed E-state index contributed by atoms with van der Waals surface area (Å²) in [5.41, 5.74) is 0.0444. The average Bonchev–Trinajstić information content (AvgIpc) is 2.33. The maximum absolute atomic E-state index is 13.6. The molecule has 0 radical (unpaired) electrons. The molecule has 2 aromatic carbocycles. The van der Waals surface area contributed by atoms with Crippen molar-refractivity contribution in [3.8, 4) is 11.5 Å². The zero-order valence-corrected chi connectivity index (χ0v) is 10.8. The molecule has 0 bridgehead atoms. The molecule has 0 amide bonds. The molecular weight excluding hydrogens is 274 g/mol. The minimum Gasteiger partial charge on any atom is -0.457 e. The highest BCUT2D eigenvalue weighted by atomic mass is 35.5. The van der Waals surface area contributed by atoms with Crippen LogP contribution in [-0.2, 0) is 0 Å². The van der Waals surface area contributed by atoms with E-state index >= 15 is 0 Å². The van der Waals surface area contributed by atoms with Crippen molar-refractivity contribution in [2.24, 2.45) is 0 Å².